The van der Waals surface area contributed by atoms with Gasteiger partial charge in [0.15, 0.2) is 0 Å². The van der Waals surface area contributed by atoms with Crippen molar-refractivity contribution < 1.29 is 9.21 Å². The number of nitrogens with zero attached hydrogens (tertiary/aromatic N) is 1. The summed E-state index contributed by atoms with van der Waals surface area (Å²) in [7, 11) is 0. The first-order valence-electron chi connectivity index (χ1n) is 7.78. The molecule has 0 aliphatic rings. The molecule has 118 valence electrons. The maximum Gasteiger partial charge on any atom is 0.254 e. The van der Waals surface area contributed by atoms with Gasteiger partial charge in [0.2, 0.25) is 0 Å². The minimum atomic E-state index is -0.0839. The van der Waals surface area contributed by atoms with Crippen molar-refractivity contribution >= 4 is 5.91 Å². The number of likely N-dealkylation sites (N-methyl/N-ethyl adjacent to an activating group) is 1. The number of hydrogen-bond acceptors (Lipinski definition) is 3. The van der Waals surface area contributed by atoms with Gasteiger partial charge in [0.25, 0.3) is 5.91 Å². The van der Waals surface area contributed by atoms with Crippen LogP contribution in [-0.4, -0.2) is 30.4 Å². The van der Waals surface area contributed by atoms with Gasteiger partial charge in [0.1, 0.15) is 5.76 Å². The van der Waals surface area contributed by atoms with E-state index in [-0.39, 0.29) is 11.9 Å². The molecule has 1 aromatic carbocycles. The Hall–Kier alpha value is -2.07. The lowest BCUT2D eigenvalue weighted by Gasteiger charge is -2.30. The second-order valence-corrected chi connectivity index (χ2v) is 5.25. The Morgan fingerprint density at radius 1 is 1.18 bits per heavy atom. The van der Waals surface area contributed by atoms with E-state index in [0.717, 1.165) is 13.1 Å². The molecule has 22 heavy (non-hydrogen) atoms. The smallest absolute Gasteiger partial charge is 0.254 e. The number of benzene rings is 1. The van der Waals surface area contributed by atoms with Crippen LogP contribution in [0.5, 0.6) is 0 Å². The highest BCUT2D eigenvalue weighted by molar-refractivity contribution is 5.95. The maximum atomic E-state index is 12.3. The lowest BCUT2D eigenvalue weighted by atomic mass is 10.0. The van der Waals surface area contributed by atoms with E-state index in [4.69, 9.17) is 4.42 Å². The first-order chi connectivity index (χ1) is 10.7. The number of amides is 1. The molecule has 0 saturated heterocycles. The average molecular weight is 300 g/mol. The Balaban J connectivity index is 2.10. The van der Waals surface area contributed by atoms with E-state index in [0.29, 0.717) is 17.9 Å². The van der Waals surface area contributed by atoms with Crippen LogP contribution in [0.1, 0.15) is 41.6 Å². The zero-order valence-electron chi connectivity index (χ0n) is 13.5. The van der Waals surface area contributed by atoms with Crippen molar-refractivity contribution in [2.24, 2.45) is 0 Å². The highest BCUT2D eigenvalue weighted by atomic mass is 16.3. The second-order valence-electron chi connectivity index (χ2n) is 5.25. The van der Waals surface area contributed by atoms with Crippen molar-refractivity contribution in [1.82, 2.24) is 10.2 Å². The monoisotopic (exact) mass is 300 g/mol. The summed E-state index contributed by atoms with van der Waals surface area (Å²) in [6.45, 7) is 8.54. The van der Waals surface area contributed by atoms with Gasteiger partial charge in [-0.15, -0.1) is 0 Å². The predicted octanol–water partition coefficient (Wildman–Crippen LogP) is 3.40. The van der Waals surface area contributed by atoms with Gasteiger partial charge in [0.05, 0.1) is 17.9 Å². The predicted molar refractivity (Wildman–Crippen MR) is 87.9 cm³/mol. The molecule has 4 nitrogen and oxygen atoms in total. The number of aryl methyl sites for hydroxylation is 1. The fraction of sp³-hybridized carbons (Fsp3) is 0.389. The molecule has 2 rings (SSSR count). The molecule has 0 spiro atoms. The summed E-state index contributed by atoms with van der Waals surface area (Å²) >= 11 is 0. The first kappa shape index (κ1) is 16.3. The SMILES string of the molecule is CCN(CC)C(CNC(=O)c1ccoc1C)c1ccccc1. The molecule has 1 unspecified atom stereocenters. The third-order valence-electron chi connectivity index (χ3n) is 4.00. The lowest BCUT2D eigenvalue weighted by Crippen LogP contribution is -2.38. The summed E-state index contributed by atoms with van der Waals surface area (Å²) in [6.07, 6.45) is 1.54. The Morgan fingerprint density at radius 2 is 1.86 bits per heavy atom. The molecule has 1 atom stereocenters. The average Bonchev–Trinajstić information content (AvgIpc) is 2.98. The van der Waals surface area contributed by atoms with Gasteiger partial charge in [-0.1, -0.05) is 44.2 Å². The summed E-state index contributed by atoms with van der Waals surface area (Å²) in [5, 5.41) is 3.03. The van der Waals surface area contributed by atoms with Crippen molar-refractivity contribution in [3.05, 3.63) is 59.5 Å². The Morgan fingerprint density at radius 3 is 2.41 bits per heavy atom. The van der Waals surface area contributed by atoms with Crippen LogP contribution in [0.3, 0.4) is 0 Å². The minimum Gasteiger partial charge on any atom is -0.469 e. The van der Waals surface area contributed by atoms with Crippen molar-refractivity contribution in [1.29, 1.82) is 0 Å². The standard InChI is InChI=1S/C18H24N2O2/c1-4-20(5-2)17(15-9-7-6-8-10-15)13-19-18(21)16-11-12-22-14(16)3/h6-12,17H,4-5,13H2,1-3H3,(H,19,21). The van der Waals surface area contributed by atoms with Gasteiger partial charge in [-0.3, -0.25) is 9.69 Å². The lowest BCUT2D eigenvalue weighted by molar-refractivity contribution is 0.0933. The van der Waals surface area contributed by atoms with Gasteiger partial charge < -0.3 is 9.73 Å². The third kappa shape index (κ3) is 3.77. The van der Waals surface area contributed by atoms with E-state index in [1.54, 1.807) is 19.3 Å². The van der Waals surface area contributed by atoms with Crippen LogP contribution in [-0.2, 0) is 0 Å². The number of rotatable bonds is 7. The largest absolute Gasteiger partial charge is 0.469 e. The molecule has 1 N–H and O–H groups in total. The summed E-state index contributed by atoms with van der Waals surface area (Å²) < 4.78 is 5.20. The third-order valence-corrected chi connectivity index (χ3v) is 4.00. The molecule has 1 amide bonds. The normalized spacial score (nSPS) is 12.4. The van der Waals surface area contributed by atoms with Crippen LogP contribution in [0, 0.1) is 6.92 Å². The molecular weight excluding hydrogens is 276 g/mol. The Labute approximate surface area is 132 Å². The van der Waals surface area contributed by atoms with E-state index >= 15 is 0 Å². The fourth-order valence-corrected chi connectivity index (χ4v) is 2.70. The van der Waals surface area contributed by atoms with E-state index in [2.05, 4.69) is 36.2 Å². The van der Waals surface area contributed by atoms with Crippen LogP contribution in [0.25, 0.3) is 0 Å². The van der Waals surface area contributed by atoms with E-state index in [1.807, 2.05) is 18.2 Å². The maximum absolute atomic E-state index is 12.3. The molecule has 1 aromatic heterocycles. The van der Waals surface area contributed by atoms with Crippen molar-refractivity contribution in [2.75, 3.05) is 19.6 Å². The van der Waals surface area contributed by atoms with Gasteiger partial charge in [0, 0.05) is 6.54 Å². The van der Waals surface area contributed by atoms with Crippen LogP contribution < -0.4 is 5.32 Å². The molecule has 0 fully saturated rings. The summed E-state index contributed by atoms with van der Waals surface area (Å²) in [5.41, 5.74) is 1.82. The molecular formula is C18H24N2O2. The summed E-state index contributed by atoms with van der Waals surface area (Å²) in [4.78, 5) is 14.6. The van der Waals surface area contributed by atoms with Crippen LogP contribution in [0.2, 0.25) is 0 Å². The van der Waals surface area contributed by atoms with Gasteiger partial charge in [-0.05, 0) is 31.6 Å². The van der Waals surface area contributed by atoms with E-state index in [9.17, 15) is 4.79 Å². The molecule has 0 bridgehead atoms. The van der Waals surface area contributed by atoms with Crippen LogP contribution in [0.4, 0.5) is 0 Å². The van der Waals surface area contributed by atoms with Gasteiger partial charge in [-0.2, -0.15) is 0 Å². The Bertz CT molecular complexity index is 588. The molecule has 0 aliphatic carbocycles. The molecule has 0 aliphatic heterocycles. The van der Waals surface area contributed by atoms with Gasteiger partial charge in [-0.25, -0.2) is 0 Å². The second kappa shape index (κ2) is 7.80. The minimum absolute atomic E-state index is 0.0839. The van der Waals surface area contributed by atoms with Crippen LogP contribution >= 0.6 is 0 Å². The number of carbonyl (C=O) groups excluding carboxylic acids is 1. The number of hydrogen-bond donors (Lipinski definition) is 1. The van der Waals surface area contributed by atoms with Crippen molar-refractivity contribution in [2.45, 2.75) is 26.8 Å². The fourth-order valence-electron chi connectivity index (χ4n) is 2.70. The van der Waals surface area contributed by atoms with E-state index in [1.165, 1.54) is 5.56 Å². The quantitative estimate of drug-likeness (QED) is 0.852. The molecule has 0 saturated carbocycles. The molecule has 0 radical (unpaired) electrons. The first-order valence-corrected chi connectivity index (χ1v) is 7.78. The molecule has 1 heterocycles. The number of nitrogens with one attached hydrogen (secondary N) is 1. The van der Waals surface area contributed by atoms with Crippen molar-refractivity contribution in [3.63, 3.8) is 0 Å². The van der Waals surface area contributed by atoms with Crippen LogP contribution in [0.15, 0.2) is 47.1 Å². The highest BCUT2D eigenvalue weighted by Gasteiger charge is 2.19. The highest BCUT2D eigenvalue weighted by Crippen LogP contribution is 2.20. The zero-order chi connectivity index (χ0) is 15.9. The number of furan rings is 1. The Kier molecular flexibility index (Phi) is 5.78. The molecule has 4 heteroatoms. The molecule has 2 aromatic rings. The zero-order valence-corrected chi connectivity index (χ0v) is 13.5. The number of carbonyl (C=O) groups is 1. The summed E-state index contributed by atoms with van der Waals surface area (Å²) in [5.74, 6) is 0.566. The summed E-state index contributed by atoms with van der Waals surface area (Å²) in [6, 6.07) is 12.2. The van der Waals surface area contributed by atoms with Crippen molar-refractivity contribution in [3.8, 4) is 0 Å². The van der Waals surface area contributed by atoms with Gasteiger partial charge >= 0.3 is 0 Å². The topological polar surface area (TPSA) is 45.5 Å². The van der Waals surface area contributed by atoms with E-state index < -0.39 is 0 Å².